The van der Waals surface area contributed by atoms with E-state index in [-0.39, 0.29) is 0 Å². The Bertz CT molecular complexity index is 463. The van der Waals surface area contributed by atoms with E-state index in [1.807, 2.05) is 0 Å². The Balaban J connectivity index is 2.36. The number of rotatable bonds is 3. The van der Waals surface area contributed by atoms with Gasteiger partial charge in [0.1, 0.15) is 11.4 Å². The van der Waals surface area contributed by atoms with Crippen molar-refractivity contribution in [3.63, 3.8) is 0 Å². The molecule has 0 spiro atoms. The number of carbonyl (C=O) groups is 1. The van der Waals surface area contributed by atoms with Crippen LogP contribution in [0.3, 0.4) is 0 Å². The maximum atomic E-state index is 12.0. The van der Waals surface area contributed by atoms with Crippen LogP contribution in [0.15, 0.2) is 5.82 Å². The van der Waals surface area contributed by atoms with Crippen LogP contribution in [-0.4, -0.2) is 35.9 Å². The van der Waals surface area contributed by atoms with E-state index in [0.717, 1.165) is 30.8 Å². The van der Waals surface area contributed by atoms with Crippen molar-refractivity contribution in [3.05, 3.63) is 10.8 Å². The average molecular weight is 269 g/mol. The molecule has 0 amide bonds. The van der Waals surface area contributed by atoms with Gasteiger partial charge in [-0.3, -0.25) is 0 Å². The van der Waals surface area contributed by atoms with Crippen molar-refractivity contribution in [2.24, 2.45) is 0 Å². The van der Waals surface area contributed by atoms with Gasteiger partial charge in [0.25, 0.3) is 0 Å². The number of hydrogen-bond acceptors (Lipinski definition) is 8. The highest BCUT2D eigenvalue weighted by Gasteiger charge is 2.24. The zero-order valence-corrected chi connectivity index (χ0v) is 10.8. The third-order valence-electron chi connectivity index (χ3n) is 2.34. The van der Waals surface area contributed by atoms with Crippen molar-refractivity contribution in [3.8, 4) is 0 Å². The maximum absolute atomic E-state index is 12.0. The molecule has 1 saturated heterocycles. The van der Waals surface area contributed by atoms with Crippen LogP contribution in [0, 0.1) is 0 Å². The fourth-order valence-electron chi connectivity index (χ4n) is 1.59. The van der Waals surface area contributed by atoms with E-state index in [2.05, 4.69) is 20.8 Å². The van der Waals surface area contributed by atoms with E-state index in [4.69, 9.17) is 10.5 Å². The molecule has 1 aliphatic heterocycles. The van der Waals surface area contributed by atoms with Gasteiger partial charge in [0.05, 0.1) is 6.61 Å². The lowest BCUT2D eigenvalue weighted by atomic mass is 10.2. The molecule has 7 nitrogen and oxygen atoms in total. The minimum atomic E-state index is -0.425. The molecule has 1 aromatic rings. The highest BCUT2D eigenvalue weighted by Crippen LogP contribution is 2.24. The minimum absolute atomic E-state index is 0.309. The summed E-state index contributed by atoms with van der Waals surface area (Å²) in [5.41, 5.74) is 5.92. The summed E-state index contributed by atoms with van der Waals surface area (Å²) in [7, 11) is 0. The van der Waals surface area contributed by atoms with Gasteiger partial charge in [-0.05, 0) is 13.3 Å². The second-order valence-corrected chi connectivity index (χ2v) is 4.63. The molecule has 0 bridgehead atoms. The van der Waals surface area contributed by atoms with Crippen molar-refractivity contribution >= 4 is 28.0 Å². The third kappa shape index (κ3) is 2.70. The van der Waals surface area contributed by atoms with Gasteiger partial charge in [0.2, 0.25) is 5.13 Å². The number of nitrogens with one attached hydrogen (secondary N) is 2. The van der Waals surface area contributed by atoms with E-state index in [1.165, 1.54) is 0 Å². The lowest BCUT2D eigenvalue weighted by Crippen LogP contribution is -2.37. The summed E-state index contributed by atoms with van der Waals surface area (Å²) in [6.45, 7) is 3.68. The first-order chi connectivity index (χ1) is 8.72. The zero-order chi connectivity index (χ0) is 13.0. The molecule has 0 unspecified atom stereocenters. The van der Waals surface area contributed by atoms with Gasteiger partial charge >= 0.3 is 5.97 Å². The van der Waals surface area contributed by atoms with Crippen molar-refractivity contribution in [2.75, 3.05) is 25.4 Å². The van der Waals surface area contributed by atoms with E-state index in [9.17, 15) is 4.79 Å². The molecule has 0 atom stereocenters. The predicted molar refractivity (Wildman–Crippen MR) is 68.5 cm³/mol. The Morgan fingerprint density at radius 3 is 2.72 bits per heavy atom. The van der Waals surface area contributed by atoms with E-state index in [0.29, 0.717) is 28.1 Å². The van der Waals surface area contributed by atoms with Crippen LogP contribution in [0.1, 0.15) is 18.4 Å². The fourth-order valence-corrected chi connectivity index (χ4v) is 2.24. The lowest BCUT2D eigenvalue weighted by Gasteiger charge is -2.21. The quantitative estimate of drug-likeness (QED) is 0.521. The number of ether oxygens (including phenoxy) is 1. The Morgan fingerprint density at radius 2 is 2.17 bits per heavy atom. The largest absolute Gasteiger partial charge is 0.462 e. The number of nitrogen functional groups attached to an aromatic ring is 1. The molecule has 0 radical (unpaired) electrons. The van der Waals surface area contributed by atoms with E-state index in [1.54, 1.807) is 6.92 Å². The van der Waals surface area contributed by atoms with Gasteiger partial charge in [0, 0.05) is 13.1 Å². The molecule has 1 aliphatic rings. The summed E-state index contributed by atoms with van der Waals surface area (Å²) >= 11 is 1.16. The Kier molecular flexibility index (Phi) is 3.98. The number of nitrogens with two attached hydrogens (primary N) is 1. The molecule has 0 saturated carbocycles. The number of nitrogens with zero attached hydrogens (tertiary/aromatic N) is 2. The summed E-state index contributed by atoms with van der Waals surface area (Å²) < 4.78 is 5.04. The average Bonchev–Trinajstić information content (AvgIpc) is 2.78. The topological polar surface area (TPSA) is 102 Å². The van der Waals surface area contributed by atoms with Crippen LogP contribution in [0.5, 0.6) is 0 Å². The summed E-state index contributed by atoms with van der Waals surface area (Å²) in [5.74, 6) is 0.210. The van der Waals surface area contributed by atoms with Crippen LogP contribution < -0.4 is 16.4 Å². The number of esters is 1. The second kappa shape index (κ2) is 5.67. The molecule has 8 heteroatoms. The second-order valence-electron chi connectivity index (χ2n) is 3.62. The predicted octanol–water partition coefficient (Wildman–Crippen LogP) is -0.0651. The molecule has 0 aromatic carbocycles. The number of aromatic nitrogens is 2. The highest BCUT2D eigenvalue weighted by molar-refractivity contribution is 7.16. The summed E-state index contributed by atoms with van der Waals surface area (Å²) in [6.07, 6.45) is 0.998. The maximum Gasteiger partial charge on any atom is 0.344 e. The van der Waals surface area contributed by atoms with Gasteiger partial charge in [-0.15, -0.1) is 10.2 Å². The molecular weight excluding hydrogens is 254 g/mol. The summed E-state index contributed by atoms with van der Waals surface area (Å²) in [4.78, 5) is 12.0. The first-order valence-electron chi connectivity index (χ1n) is 5.71. The van der Waals surface area contributed by atoms with Gasteiger partial charge < -0.3 is 21.1 Å². The molecule has 2 heterocycles. The van der Waals surface area contributed by atoms with Crippen molar-refractivity contribution in [1.82, 2.24) is 20.8 Å². The van der Waals surface area contributed by atoms with E-state index < -0.39 is 5.97 Å². The number of anilines is 1. The van der Waals surface area contributed by atoms with Gasteiger partial charge in [-0.2, -0.15) is 0 Å². The lowest BCUT2D eigenvalue weighted by molar-refractivity contribution is -0.136. The first kappa shape index (κ1) is 12.6. The fraction of sp³-hybridized carbons (Fsp3) is 0.500. The van der Waals surface area contributed by atoms with Gasteiger partial charge in [-0.1, -0.05) is 11.3 Å². The molecular formula is C10H15N5O2S. The van der Waals surface area contributed by atoms with Crippen LogP contribution in [0.25, 0.3) is 5.57 Å². The third-order valence-corrected chi connectivity index (χ3v) is 3.11. The molecule has 1 fully saturated rings. The zero-order valence-electron chi connectivity index (χ0n) is 10.0. The van der Waals surface area contributed by atoms with Gasteiger partial charge in [-0.25, -0.2) is 4.79 Å². The summed E-state index contributed by atoms with van der Waals surface area (Å²) in [5, 5.41) is 14.7. The van der Waals surface area contributed by atoms with Crippen LogP contribution in [-0.2, 0) is 9.53 Å². The Morgan fingerprint density at radius 1 is 1.44 bits per heavy atom. The normalized spacial score (nSPS) is 14.6. The smallest absolute Gasteiger partial charge is 0.344 e. The molecule has 98 valence electrons. The molecule has 4 N–H and O–H groups in total. The van der Waals surface area contributed by atoms with Crippen LogP contribution >= 0.6 is 11.3 Å². The number of carbonyl (C=O) groups excluding carboxylic acids is 1. The minimum Gasteiger partial charge on any atom is -0.462 e. The number of hydrogen-bond donors (Lipinski definition) is 3. The van der Waals surface area contributed by atoms with Crippen molar-refractivity contribution in [2.45, 2.75) is 13.3 Å². The molecule has 1 aromatic heterocycles. The van der Waals surface area contributed by atoms with Crippen LogP contribution in [0.2, 0.25) is 0 Å². The standard InChI is InChI=1S/C10H15N5O2S/c1-2-17-9(16)6(7-12-4-3-5-13-7)8-14-15-10(11)18-8/h12-13H,2-5H2,1H3,(H2,11,15). The van der Waals surface area contributed by atoms with Crippen molar-refractivity contribution in [1.29, 1.82) is 0 Å². The molecule has 0 aliphatic carbocycles. The Labute approximate surface area is 108 Å². The summed E-state index contributed by atoms with van der Waals surface area (Å²) in [6, 6.07) is 0. The Hall–Kier alpha value is -1.83. The molecule has 2 rings (SSSR count). The van der Waals surface area contributed by atoms with Crippen LogP contribution in [0.4, 0.5) is 5.13 Å². The SMILES string of the molecule is CCOC(=O)C(=C1NCCCN1)c1nnc(N)s1. The first-order valence-corrected chi connectivity index (χ1v) is 6.52. The molecule has 18 heavy (non-hydrogen) atoms. The monoisotopic (exact) mass is 269 g/mol. The van der Waals surface area contributed by atoms with Crippen molar-refractivity contribution < 1.29 is 9.53 Å². The highest BCUT2D eigenvalue weighted by atomic mass is 32.1. The van der Waals surface area contributed by atoms with Gasteiger partial charge in [0.15, 0.2) is 5.01 Å². The van der Waals surface area contributed by atoms with E-state index >= 15 is 0 Å².